The smallest absolute Gasteiger partial charge is 0.333 e. The Morgan fingerprint density at radius 1 is 1.24 bits per heavy atom. The summed E-state index contributed by atoms with van der Waals surface area (Å²) in [6.07, 6.45) is 0. The minimum Gasteiger partial charge on any atom is -0.461 e. The lowest BCUT2D eigenvalue weighted by molar-refractivity contribution is -0.148. The van der Waals surface area contributed by atoms with E-state index >= 15 is 0 Å². The van der Waals surface area contributed by atoms with Crippen LogP contribution in [-0.2, 0) is 14.3 Å². The number of rotatable bonds is 9. The van der Waals surface area contributed by atoms with Crippen LogP contribution in [0.5, 0.6) is 0 Å². The molecule has 0 aromatic heterocycles. The van der Waals surface area contributed by atoms with Gasteiger partial charge < -0.3 is 24.8 Å². The van der Waals surface area contributed by atoms with Crippen molar-refractivity contribution in [3.05, 3.63) is 12.2 Å². The van der Waals surface area contributed by atoms with Crippen LogP contribution in [-0.4, -0.2) is 60.9 Å². The van der Waals surface area contributed by atoms with E-state index in [0.29, 0.717) is 0 Å². The average molecular weight is 248 g/mol. The second-order valence-electron chi connectivity index (χ2n) is 3.95. The standard InChI is InChI=1S/C11H20O6/c1-9(2)10(15)17-8-11(5-13,6-14)7-16-4-3-12/h12-14H,1,3-8H2,2H3. The second kappa shape index (κ2) is 8.19. The molecule has 0 aliphatic carbocycles. The summed E-state index contributed by atoms with van der Waals surface area (Å²) in [5.41, 5.74) is -0.814. The van der Waals surface area contributed by atoms with E-state index in [2.05, 4.69) is 6.58 Å². The summed E-state index contributed by atoms with van der Waals surface area (Å²) < 4.78 is 9.92. The Morgan fingerprint density at radius 3 is 2.24 bits per heavy atom. The monoisotopic (exact) mass is 248 g/mol. The van der Waals surface area contributed by atoms with Crippen LogP contribution < -0.4 is 0 Å². The zero-order valence-electron chi connectivity index (χ0n) is 10.0. The number of esters is 1. The van der Waals surface area contributed by atoms with E-state index in [1.54, 1.807) is 0 Å². The molecule has 0 radical (unpaired) electrons. The molecular weight excluding hydrogens is 228 g/mol. The molecule has 6 heteroatoms. The van der Waals surface area contributed by atoms with Gasteiger partial charge in [0, 0.05) is 5.57 Å². The maximum absolute atomic E-state index is 11.2. The molecule has 0 rings (SSSR count). The van der Waals surface area contributed by atoms with Crippen molar-refractivity contribution < 1.29 is 29.6 Å². The van der Waals surface area contributed by atoms with Crippen molar-refractivity contribution in [3.63, 3.8) is 0 Å². The van der Waals surface area contributed by atoms with Crippen LogP contribution in [0.25, 0.3) is 0 Å². The normalized spacial score (nSPS) is 11.3. The molecule has 6 nitrogen and oxygen atoms in total. The Bertz CT molecular complexity index is 246. The molecule has 0 saturated carbocycles. The average Bonchev–Trinajstić information content (AvgIpc) is 2.33. The molecular formula is C11H20O6. The number of carbonyl (C=O) groups excluding carboxylic acids is 1. The van der Waals surface area contributed by atoms with Gasteiger partial charge in [-0.3, -0.25) is 0 Å². The largest absolute Gasteiger partial charge is 0.461 e. The number of ether oxygens (including phenoxy) is 2. The highest BCUT2D eigenvalue weighted by Gasteiger charge is 2.31. The first-order valence-corrected chi connectivity index (χ1v) is 5.24. The first-order chi connectivity index (χ1) is 8.01. The van der Waals surface area contributed by atoms with Crippen LogP contribution in [0.1, 0.15) is 6.92 Å². The van der Waals surface area contributed by atoms with Crippen molar-refractivity contribution in [2.75, 3.05) is 39.6 Å². The first-order valence-electron chi connectivity index (χ1n) is 5.24. The van der Waals surface area contributed by atoms with Gasteiger partial charge in [0.15, 0.2) is 0 Å². The summed E-state index contributed by atoms with van der Waals surface area (Å²) in [7, 11) is 0. The Hall–Kier alpha value is -0.950. The lowest BCUT2D eigenvalue weighted by Gasteiger charge is -2.28. The van der Waals surface area contributed by atoms with Gasteiger partial charge in [0.25, 0.3) is 0 Å². The molecule has 0 aliphatic heterocycles. The zero-order chi connectivity index (χ0) is 13.3. The summed E-state index contributed by atoms with van der Waals surface area (Å²) in [5.74, 6) is -0.585. The van der Waals surface area contributed by atoms with E-state index in [0.717, 1.165) is 0 Å². The molecule has 0 spiro atoms. The van der Waals surface area contributed by atoms with Crippen LogP contribution in [0.4, 0.5) is 0 Å². The third-order valence-electron chi connectivity index (χ3n) is 2.17. The summed E-state index contributed by atoms with van der Waals surface area (Å²) in [5, 5.41) is 27.0. The maximum atomic E-state index is 11.2. The molecule has 0 saturated heterocycles. The van der Waals surface area contributed by atoms with Gasteiger partial charge in [-0.15, -0.1) is 0 Å². The van der Waals surface area contributed by atoms with Gasteiger partial charge in [-0.2, -0.15) is 0 Å². The molecule has 0 fully saturated rings. The number of hydrogen-bond donors (Lipinski definition) is 3. The molecule has 0 aromatic carbocycles. The fourth-order valence-corrected chi connectivity index (χ4v) is 0.969. The third-order valence-corrected chi connectivity index (χ3v) is 2.17. The first kappa shape index (κ1) is 16.1. The molecule has 0 bridgehead atoms. The molecule has 17 heavy (non-hydrogen) atoms. The molecule has 0 heterocycles. The lowest BCUT2D eigenvalue weighted by atomic mass is 9.92. The Labute approximate surface area is 100 Å². The van der Waals surface area contributed by atoms with Crippen molar-refractivity contribution >= 4 is 5.97 Å². The predicted molar refractivity (Wildman–Crippen MR) is 60.3 cm³/mol. The van der Waals surface area contributed by atoms with Gasteiger partial charge >= 0.3 is 5.97 Å². The quantitative estimate of drug-likeness (QED) is 0.277. The fraction of sp³-hybridized carbons (Fsp3) is 0.727. The molecule has 0 aromatic rings. The van der Waals surface area contributed by atoms with E-state index in [-0.39, 0.29) is 32.0 Å². The Balaban J connectivity index is 4.29. The van der Waals surface area contributed by atoms with Crippen LogP contribution >= 0.6 is 0 Å². The van der Waals surface area contributed by atoms with Crippen molar-refractivity contribution in [2.45, 2.75) is 6.92 Å². The SMILES string of the molecule is C=C(C)C(=O)OCC(CO)(CO)COCCO. The van der Waals surface area contributed by atoms with Gasteiger partial charge in [-0.05, 0) is 6.92 Å². The van der Waals surface area contributed by atoms with Crippen molar-refractivity contribution in [1.82, 2.24) is 0 Å². The van der Waals surface area contributed by atoms with Gasteiger partial charge in [0.05, 0.1) is 38.4 Å². The van der Waals surface area contributed by atoms with E-state index in [4.69, 9.17) is 14.6 Å². The minimum absolute atomic E-state index is 0.00989. The predicted octanol–water partition coefficient (Wildman–Crippen LogP) is -0.914. The van der Waals surface area contributed by atoms with Crippen molar-refractivity contribution in [3.8, 4) is 0 Å². The maximum Gasteiger partial charge on any atom is 0.333 e. The highest BCUT2D eigenvalue weighted by atomic mass is 16.5. The summed E-state index contributed by atoms with van der Waals surface area (Å²) in [4.78, 5) is 11.2. The van der Waals surface area contributed by atoms with E-state index < -0.39 is 24.6 Å². The van der Waals surface area contributed by atoms with Gasteiger partial charge in [-0.25, -0.2) is 4.79 Å². The highest BCUT2D eigenvalue weighted by molar-refractivity contribution is 5.86. The number of aliphatic hydroxyl groups is 3. The molecule has 0 amide bonds. The molecule has 0 atom stereocenters. The summed E-state index contributed by atoms with van der Waals surface area (Å²) >= 11 is 0. The molecule has 0 aliphatic rings. The third kappa shape index (κ3) is 5.78. The topological polar surface area (TPSA) is 96.2 Å². The van der Waals surface area contributed by atoms with E-state index in [9.17, 15) is 15.0 Å². The molecule has 100 valence electrons. The lowest BCUT2D eigenvalue weighted by Crippen LogP contribution is -2.40. The van der Waals surface area contributed by atoms with E-state index in [1.165, 1.54) is 6.92 Å². The van der Waals surface area contributed by atoms with Crippen LogP contribution in [0.15, 0.2) is 12.2 Å². The number of hydrogen-bond acceptors (Lipinski definition) is 6. The van der Waals surface area contributed by atoms with Crippen LogP contribution in [0.3, 0.4) is 0 Å². The Kier molecular flexibility index (Phi) is 7.73. The number of aliphatic hydroxyl groups excluding tert-OH is 3. The van der Waals surface area contributed by atoms with Crippen LogP contribution in [0, 0.1) is 5.41 Å². The molecule has 3 N–H and O–H groups in total. The Morgan fingerprint density at radius 2 is 1.82 bits per heavy atom. The van der Waals surface area contributed by atoms with E-state index in [1.807, 2.05) is 0 Å². The fourth-order valence-electron chi connectivity index (χ4n) is 0.969. The summed E-state index contributed by atoms with van der Waals surface area (Å²) in [6.45, 7) is 3.90. The zero-order valence-corrected chi connectivity index (χ0v) is 10.0. The van der Waals surface area contributed by atoms with Crippen molar-refractivity contribution in [2.24, 2.45) is 5.41 Å². The van der Waals surface area contributed by atoms with Crippen molar-refractivity contribution in [1.29, 1.82) is 0 Å². The highest BCUT2D eigenvalue weighted by Crippen LogP contribution is 2.17. The van der Waals surface area contributed by atoms with Gasteiger partial charge in [-0.1, -0.05) is 6.58 Å². The summed E-state index contributed by atoms with van der Waals surface area (Å²) in [6, 6.07) is 0. The second-order valence-corrected chi connectivity index (χ2v) is 3.95. The van der Waals surface area contributed by atoms with Crippen LogP contribution in [0.2, 0.25) is 0 Å². The minimum atomic E-state index is -1.06. The molecule has 0 unspecified atom stereocenters. The number of carbonyl (C=O) groups is 1. The van der Waals surface area contributed by atoms with Gasteiger partial charge in [0.1, 0.15) is 6.61 Å². The van der Waals surface area contributed by atoms with Gasteiger partial charge in [0.2, 0.25) is 0 Å².